The number of Topliss-reactive ketones (excluding diaryl/α,β-unsaturated/α-hetero) is 1. The molecule has 5 aliphatic rings. The number of nitrogens with zero attached hydrogens (tertiary/aromatic N) is 3. The van der Waals surface area contributed by atoms with E-state index in [1.807, 2.05) is 0 Å². The number of phenolic OH excluding ortho intramolecular Hbond substituents is 2. The highest BCUT2D eigenvalue weighted by Crippen LogP contribution is 2.51. The van der Waals surface area contributed by atoms with E-state index >= 15 is 0 Å². The first-order valence-electron chi connectivity index (χ1n) is 24.4. The van der Waals surface area contributed by atoms with Crippen molar-refractivity contribution in [3.63, 3.8) is 0 Å². The maximum atomic E-state index is 14.9. The third-order valence-electron chi connectivity index (χ3n) is 14.0. The van der Waals surface area contributed by atoms with Crippen molar-refractivity contribution in [3.05, 3.63) is 58.0 Å². The van der Waals surface area contributed by atoms with Gasteiger partial charge in [-0.1, -0.05) is 59.8 Å². The molecule has 0 aliphatic carbocycles. The molecule has 2 aromatic rings. The first-order chi connectivity index (χ1) is 33.5. The maximum Gasteiger partial charge on any atom is 0.317 e. The minimum atomic E-state index is -2.04. The van der Waals surface area contributed by atoms with Crippen LogP contribution in [0.3, 0.4) is 0 Å². The molecule has 0 aromatic heterocycles. The number of methoxy groups -OCH3 is 1. The highest BCUT2D eigenvalue weighted by Gasteiger charge is 2.51. The standard InChI is InChI=1S/C52H70N4O15/c1-12-67-34(57)17-22-68-35(58)24-36(59)70-47-29(6)33(66-11)16-23-69-51(10)49(64)39-37-38(45(62)32(9)48(39)71-51)46(63)42(41-40(37)54-52(55-41)18-20-56(21-19-52)25-26(2)3)53-50(65)28(5)15-13-14-27(4)43(60)30(7)44(61)31(47)8/h13-16,23,26-27,29-31,33,43-44,47,54,60-63H,12,17-22,24-25H2,1-11H3/b14-13+,23-16+,28-15-,53-42?/t27-,29+,30+,31+,33-,43-,44+,47+,51-/m0/s1. The normalized spacial score (nSPS) is 29.5. The molecule has 5 bridgehead atoms. The van der Waals surface area contributed by atoms with Gasteiger partial charge in [-0.3, -0.25) is 29.0 Å². The van der Waals surface area contributed by atoms with E-state index in [-0.39, 0.29) is 69.3 Å². The van der Waals surface area contributed by atoms with Gasteiger partial charge in [0.25, 0.3) is 11.7 Å². The van der Waals surface area contributed by atoms with Gasteiger partial charge in [0.2, 0.25) is 0 Å². The van der Waals surface area contributed by atoms with Gasteiger partial charge in [0, 0.05) is 86.7 Å². The fourth-order valence-electron chi connectivity index (χ4n) is 9.89. The van der Waals surface area contributed by atoms with Gasteiger partial charge in [-0.05, 0) is 32.8 Å². The molecule has 1 spiro atoms. The molecule has 0 radical (unpaired) electrons. The van der Waals surface area contributed by atoms with Gasteiger partial charge >= 0.3 is 23.7 Å². The van der Waals surface area contributed by atoms with Gasteiger partial charge in [0.1, 0.15) is 47.0 Å². The Labute approximate surface area is 413 Å². The molecule has 19 heteroatoms. The number of carbonyl (C=O) groups is 5. The lowest BCUT2D eigenvalue weighted by Gasteiger charge is -2.38. The van der Waals surface area contributed by atoms with Gasteiger partial charge in [0.05, 0.1) is 54.2 Å². The monoisotopic (exact) mass is 990 g/mol. The van der Waals surface area contributed by atoms with Crippen LogP contribution in [0.15, 0.2) is 46.1 Å². The second kappa shape index (κ2) is 22.3. The van der Waals surface area contributed by atoms with Crippen molar-refractivity contribution in [1.82, 2.24) is 4.90 Å². The number of aliphatic hydroxyl groups is 2. The number of likely N-dealkylation sites (tertiary alicyclic amines) is 1. The number of anilines is 1. The summed E-state index contributed by atoms with van der Waals surface area (Å²) in [4.78, 5) is 78.5. The van der Waals surface area contributed by atoms with Crippen LogP contribution in [0.4, 0.5) is 5.69 Å². The van der Waals surface area contributed by atoms with E-state index in [0.29, 0.717) is 31.8 Å². The molecule has 0 saturated carbocycles. The van der Waals surface area contributed by atoms with Crippen LogP contribution in [0.25, 0.3) is 10.8 Å². The predicted molar refractivity (Wildman–Crippen MR) is 259 cm³/mol. The molecule has 7 rings (SSSR count). The molecule has 0 unspecified atom stereocenters. The number of benzene rings is 2. The summed E-state index contributed by atoms with van der Waals surface area (Å²) in [6.07, 6.45) is 2.89. The van der Waals surface area contributed by atoms with E-state index in [2.05, 4.69) is 29.1 Å². The van der Waals surface area contributed by atoms with E-state index < -0.39 is 107 Å². The van der Waals surface area contributed by atoms with Crippen molar-refractivity contribution in [2.24, 2.45) is 39.6 Å². The molecule has 1 fully saturated rings. The summed E-state index contributed by atoms with van der Waals surface area (Å²) in [6, 6.07) is 0. The van der Waals surface area contributed by atoms with Crippen molar-refractivity contribution in [1.29, 1.82) is 0 Å². The van der Waals surface area contributed by atoms with E-state index in [0.717, 1.165) is 6.54 Å². The van der Waals surface area contributed by atoms with E-state index in [4.69, 9.17) is 33.4 Å². The van der Waals surface area contributed by atoms with Crippen molar-refractivity contribution < 1.29 is 72.8 Å². The summed E-state index contributed by atoms with van der Waals surface area (Å²) in [5.74, 6) is -9.59. The van der Waals surface area contributed by atoms with Crippen molar-refractivity contribution in [3.8, 4) is 17.2 Å². The summed E-state index contributed by atoms with van der Waals surface area (Å²) in [6.45, 7) is 19.2. The number of phenols is 2. The number of nitrogens with one attached hydrogen (secondary N) is 1. The Morgan fingerprint density at radius 3 is 2.25 bits per heavy atom. The highest BCUT2D eigenvalue weighted by molar-refractivity contribution is 6.21. The number of esters is 3. The topological polar surface area (TPSA) is 262 Å². The molecule has 5 heterocycles. The molecule has 71 heavy (non-hydrogen) atoms. The number of amides is 1. The Morgan fingerprint density at radius 1 is 0.915 bits per heavy atom. The van der Waals surface area contributed by atoms with Crippen LogP contribution in [-0.4, -0.2) is 131 Å². The maximum absolute atomic E-state index is 14.9. The Kier molecular flexibility index (Phi) is 17.1. The first-order valence-corrected chi connectivity index (χ1v) is 24.4. The molecule has 9 atom stereocenters. The van der Waals surface area contributed by atoms with Crippen LogP contribution < -0.4 is 20.8 Å². The van der Waals surface area contributed by atoms with Crippen LogP contribution in [0.2, 0.25) is 0 Å². The Bertz CT molecular complexity index is 2620. The van der Waals surface area contributed by atoms with Gasteiger partial charge in [-0.15, -0.1) is 0 Å². The molecule has 19 nitrogen and oxygen atoms in total. The summed E-state index contributed by atoms with van der Waals surface area (Å²) in [5.41, 5.74) is -0.348. The molecule has 1 amide bonds. The third-order valence-corrected chi connectivity index (χ3v) is 14.0. The molecular formula is C52H70N4O15. The number of fused-ring (bicyclic) bond motifs is 13. The number of ether oxygens (including phenoxy) is 6. The number of aliphatic hydroxyl groups excluding tert-OH is 2. The van der Waals surface area contributed by atoms with Crippen LogP contribution in [-0.2, 0) is 42.9 Å². The number of aromatic hydroxyl groups is 2. The van der Waals surface area contributed by atoms with Crippen LogP contribution in [0, 0.1) is 36.5 Å². The zero-order valence-corrected chi connectivity index (χ0v) is 42.6. The zero-order chi connectivity index (χ0) is 52.3. The predicted octanol–water partition coefficient (Wildman–Crippen LogP) is 4.62. The summed E-state index contributed by atoms with van der Waals surface area (Å²) in [5, 5.41) is 51.0. The van der Waals surface area contributed by atoms with Crippen LogP contribution >= 0.6 is 0 Å². The average Bonchev–Trinajstić information content (AvgIpc) is 3.82. The van der Waals surface area contributed by atoms with Gasteiger partial charge < -0.3 is 59.1 Å². The van der Waals surface area contributed by atoms with Crippen molar-refractivity contribution in [2.75, 3.05) is 45.3 Å². The van der Waals surface area contributed by atoms with Crippen molar-refractivity contribution in [2.45, 2.75) is 131 Å². The van der Waals surface area contributed by atoms with Gasteiger partial charge in [-0.25, -0.2) is 4.99 Å². The smallest absolute Gasteiger partial charge is 0.317 e. The molecule has 1 saturated heterocycles. The quantitative estimate of drug-likeness (QED) is 0.0942. The number of rotatable bonds is 10. The number of carbonyl (C=O) groups excluding carboxylic acids is 5. The first kappa shape index (κ1) is 54.4. The minimum Gasteiger partial charge on any atom is -0.507 e. The molecule has 5 N–H and O–H groups in total. The fraction of sp³-hybridized carbons (Fsp3) is 0.596. The summed E-state index contributed by atoms with van der Waals surface area (Å²) in [7, 11) is 1.39. The SMILES string of the molecule is CCOC(=O)CCOC(=O)CC(=O)O[C@H]1[C@H](C)[C@H](O)[C@H](C)[C@@H](O)[C@@H](C)/C=C/C=C(/C)C(=O)N=c2c(O)c3c(O)c(C)c4c(c3c3c2=NC2(CCN(CC(C)C)CC2)N3)C(=O)[C@@](C)(O/C=C/[C@H](OC)[C@H]1C)O4. The number of allylic oxidation sites excluding steroid dienone is 2. The minimum absolute atomic E-state index is 0.000238. The Morgan fingerprint density at radius 2 is 1.61 bits per heavy atom. The number of hydrogen-bond donors (Lipinski definition) is 5. The molecular weight excluding hydrogens is 921 g/mol. The van der Waals surface area contributed by atoms with Crippen LogP contribution in [0.1, 0.15) is 104 Å². The zero-order valence-electron chi connectivity index (χ0n) is 42.6. The second-order valence-corrected chi connectivity index (χ2v) is 19.8. The van der Waals surface area contributed by atoms with Gasteiger partial charge in [0.15, 0.2) is 5.75 Å². The number of ketones is 1. The Hall–Kier alpha value is -5.89. The molecule has 388 valence electrons. The third kappa shape index (κ3) is 11.4. The van der Waals surface area contributed by atoms with Crippen LogP contribution in [0.5, 0.6) is 17.2 Å². The summed E-state index contributed by atoms with van der Waals surface area (Å²) >= 11 is 0. The second-order valence-electron chi connectivity index (χ2n) is 19.8. The lowest BCUT2D eigenvalue weighted by molar-refractivity contribution is -0.167. The largest absolute Gasteiger partial charge is 0.507 e. The number of hydrogen-bond acceptors (Lipinski definition) is 18. The van der Waals surface area contributed by atoms with Gasteiger partial charge in [-0.2, -0.15) is 0 Å². The molecule has 2 aromatic carbocycles. The number of piperidine rings is 1. The lowest BCUT2D eigenvalue weighted by atomic mass is 9.78. The Balaban J connectivity index is 1.44. The van der Waals surface area contributed by atoms with E-state index in [9.17, 15) is 44.4 Å². The molecule has 5 aliphatic heterocycles. The average molecular weight is 991 g/mol. The highest BCUT2D eigenvalue weighted by atomic mass is 16.7. The van der Waals surface area contributed by atoms with Crippen molar-refractivity contribution >= 4 is 46.1 Å². The fourth-order valence-corrected chi connectivity index (χ4v) is 9.89. The van der Waals surface area contributed by atoms with E-state index in [1.165, 1.54) is 46.3 Å². The van der Waals surface area contributed by atoms with E-state index in [1.54, 1.807) is 46.8 Å². The summed E-state index contributed by atoms with van der Waals surface area (Å²) < 4.78 is 34.1. The lowest BCUT2D eigenvalue weighted by Crippen LogP contribution is -2.47.